The first-order valence-electron chi connectivity index (χ1n) is 4.85. The highest BCUT2D eigenvalue weighted by atomic mass is 35.5. The monoisotopic (exact) mass is 242 g/mol. The number of carbonyl (C=O) groups excluding carboxylic acids is 1. The van der Waals surface area contributed by atoms with Gasteiger partial charge >= 0.3 is 0 Å². The highest BCUT2D eigenvalue weighted by Gasteiger charge is 2.27. The molecule has 0 saturated carbocycles. The molecule has 5 nitrogen and oxygen atoms in total. The van der Waals surface area contributed by atoms with E-state index in [2.05, 4.69) is 15.3 Å². The average molecular weight is 243 g/mol. The normalized spacial score (nSPS) is 13.3. The fourth-order valence-corrected chi connectivity index (χ4v) is 1.15. The molecule has 6 heteroatoms. The Labute approximate surface area is 99.4 Å². The molecular weight excluding hydrogens is 228 g/mol. The molecule has 0 bridgehead atoms. The Balaban J connectivity index is 2.72. The highest BCUT2D eigenvalue weighted by molar-refractivity contribution is 6.28. The van der Waals surface area contributed by atoms with Crippen molar-refractivity contribution in [2.45, 2.75) is 26.8 Å². The van der Waals surface area contributed by atoms with Crippen LogP contribution in [0.25, 0.3) is 0 Å². The van der Waals surface area contributed by atoms with Crippen LogP contribution in [0, 0.1) is 5.41 Å². The van der Waals surface area contributed by atoms with E-state index in [0.29, 0.717) is 5.82 Å². The van der Waals surface area contributed by atoms with Gasteiger partial charge < -0.3 is 11.1 Å². The molecule has 16 heavy (non-hydrogen) atoms. The van der Waals surface area contributed by atoms with Gasteiger partial charge in [0, 0.05) is 6.20 Å². The van der Waals surface area contributed by atoms with E-state index in [-0.39, 0.29) is 16.6 Å². The summed E-state index contributed by atoms with van der Waals surface area (Å²) < 4.78 is 0. The molecule has 0 aromatic carbocycles. The average Bonchev–Trinajstić information content (AvgIpc) is 2.15. The van der Waals surface area contributed by atoms with E-state index in [4.69, 9.17) is 17.3 Å². The van der Waals surface area contributed by atoms with Crippen molar-refractivity contribution in [3.8, 4) is 0 Å². The molecule has 0 aliphatic carbocycles. The first-order chi connectivity index (χ1) is 7.30. The maximum atomic E-state index is 11.7. The fraction of sp³-hybridized carbons (Fsp3) is 0.500. The van der Waals surface area contributed by atoms with E-state index in [1.807, 2.05) is 20.8 Å². The van der Waals surface area contributed by atoms with Crippen LogP contribution in [0.5, 0.6) is 0 Å². The van der Waals surface area contributed by atoms with Gasteiger partial charge in [0.25, 0.3) is 0 Å². The molecule has 0 fully saturated rings. The summed E-state index contributed by atoms with van der Waals surface area (Å²) in [5.74, 6) is 0.0620. The molecule has 1 unspecified atom stereocenters. The minimum Gasteiger partial charge on any atom is -0.319 e. The number of nitrogens with zero attached hydrogens (tertiary/aromatic N) is 2. The number of hydrogen-bond donors (Lipinski definition) is 2. The predicted octanol–water partition coefficient (Wildman–Crippen LogP) is 1.44. The maximum Gasteiger partial charge on any atom is 0.242 e. The lowest BCUT2D eigenvalue weighted by Crippen LogP contribution is -2.45. The van der Waals surface area contributed by atoms with Crippen LogP contribution in [0.2, 0.25) is 5.28 Å². The molecule has 88 valence electrons. The molecule has 0 saturated heterocycles. The van der Waals surface area contributed by atoms with Gasteiger partial charge in [-0.25, -0.2) is 9.97 Å². The van der Waals surface area contributed by atoms with E-state index >= 15 is 0 Å². The molecule has 0 aliphatic rings. The summed E-state index contributed by atoms with van der Waals surface area (Å²) in [4.78, 5) is 19.3. The first-order valence-corrected chi connectivity index (χ1v) is 5.23. The zero-order valence-corrected chi connectivity index (χ0v) is 10.2. The van der Waals surface area contributed by atoms with Gasteiger partial charge in [0.15, 0.2) is 0 Å². The molecule has 0 radical (unpaired) electrons. The van der Waals surface area contributed by atoms with Gasteiger partial charge in [-0.05, 0) is 23.1 Å². The van der Waals surface area contributed by atoms with Gasteiger partial charge in [-0.3, -0.25) is 4.79 Å². The quantitative estimate of drug-likeness (QED) is 0.769. The Morgan fingerprint density at radius 2 is 2.19 bits per heavy atom. The van der Waals surface area contributed by atoms with E-state index < -0.39 is 6.04 Å². The summed E-state index contributed by atoms with van der Waals surface area (Å²) >= 11 is 5.59. The second-order valence-corrected chi connectivity index (χ2v) is 4.88. The predicted molar refractivity (Wildman–Crippen MR) is 63.1 cm³/mol. The van der Waals surface area contributed by atoms with Crippen molar-refractivity contribution in [1.82, 2.24) is 9.97 Å². The molecule has 1 aromatic heterocycles. The number of rotatable bonds is 2. The summed E-state index contributed by atoms with van der Waals surface area (Å²) in [6, 6.07) is 0.945. The number of nitrogens with two attached hydrogens (primary N) is 1. The van der Waals surface area contributed by atoms with Crippen molar-refractivity contribution >= 4 is 23.3 Å². The lowest BCUT2D eigenvalue weighted by atomic mass is 9.87. The third-order valence-electron chi connectivity index (χ3n) is 2.09. The van der Waals surface area contributed by atoms with Crippen molar-refractivity contribution < 1.29 is 4.79 Å². The Morgan fingerprint density at radius 3 is 2.69 bits per heavy atom. The van der Waals surface area contributed by atoms with E-state index in [9.17, 15) is 4.79 Å². The number of amides is 1. The Kier molecular flexibility index (Phi) is 3.83. The van der Waals surface area contributed by atoms with Crippen LogP contribution < -0.4 is 11.1 Å². The summed E-state index contributed by atoms with van der Waals surface area (Å²) in [6.07, 6.45) is 1.47. The van der Waals surface area contributed by atoms with Crippen molar-refractivity contribution in [1.29, 1.82) is 0 Å². The number of aromatic nitrogens is 2. The van der Waals surface area contributed by atoms with Gasteiger partial charge in [0.2, 0.25) is 11.2 Å². The third-order valence-corrected chi connectivity index (χ3v) is 2.28. The molecule has 0 spiro atoms. The Morgan fingerprint density at radius 1 is 1.56 bits per heavy atom. The Bertz CT molecular complexity index is 389. The SMILES string of the molecule is CC(C)(C)C(N)C(=O)Nc1ccnc(Cl)n1. The number of carbonyl (C=O) groups is 1. The summed E-state index contributed by atoms with van der Waals surface area (Å²) in [6.45, 7) is 5.68. The largest absolute Gasteiger partial charge is 0.319 e. The van der Waals surface area contributed by atoms with Crippen LogP contribution in [0.4, 0.5) is 5.82 Å². The molecule has 1 atom stereocenters. The second-order valence-electron chi connectivity index (χ2n) is 4.54. The molecule has 0 aliphatic heterocycles. The van der Waals surface area contributed by atoms with Crippen molar-refractivity contribution in [3.05, 3.63) is 17.5 Å². The van der Waals surface area contributed by atoms with Crippen molar-refractivity contribution in [2.24, 2.45) is 11.1 Å². The van der Waals surface area contributed by atoms with Gasteiger partial charge in [-0.2, -0.15) is 0 Å². The standard InChI is InChI=1S/C10H15ClN4O/c1-10(2,3)7(12)8(16)14-6-4-5-13-9(11)15-6/h4-5,7H,12H2,1-3H3,(H,13,14,15,16). The highest BCUT2D eigenvalue weighted by Crippen LogP contribution is 2.18. The van der Waals surface area contributed by atoms with E-state index in [1.165, 1.54) is 6.20 Å². The van der Waals surface area contributed by atoms with E-state index in [0.717, 1.165) is 0 Å². The molecule has 1 rings (SSSR count). The first kappa shape index (κ1) is 12.9. The van der Waals surface area contributed by atoms with Crippen molar-refractivity contribution in [2.75, 3.05) is 5.32 Å². The number of hydrogen-bond acceptors (Lipinski definition) is 4. The summed E-state index contributed by atoms with van der Waals surface area (Å²) in [7, 11) is 0. The smallest absolute Gasteiger partial charge is 0.242 e. The molecule has 3 N–H and O–H groups in total. The van der Waals surface area contributed by atoms with Gasteiger partial charge in [-0.15, -0.1) is 0 Å². The fourth-order valence-electron chi connectivity index (χ4n) is 1.00. The Hall–Kier alpha value is -1.20. The molecule has 1 amide bonds. The van der Waals surface area contributed by atoms with E-state index in [1.54, 1.807) is 6.07 Å². The molecular formula is C10H15ClN4O. The minimum absolute atomic E-state index is 0.0853. The number of halogens is 1. The third kappa shape index (κ3) is 3.43. The zero-order valence-electron chi connectivity index (χ0n) is 9.49. The zero-order chi connectivity index (χ0) is 12.3. The summed E-state index contributed by atoms with van der Waals surface area (Å²) in [5.41, 5.74) is 5.49. The van der Waals surface area contributed by atoms with Crippen LogP contribution in [0.1, 0.15) is 20.8 Å². The lowest BCUT2D eigenvalue weighted by Gasteiger charge is -2.25. The van der Waals surface area contributed by atoms with Gasteiger partial charge in [-0.1, -0.05) is 20.8 Å². The van der Waals surface area contributed by atoms with Crippen LogP contribution in [0.15, 0.2) is 12.3 Å². The van der Waals surface area contributed by atoms with Crippen molar-refractivity contribution in [3.63, 3.8) is 0 Å². The van der Waals surface area contributed by atoms with Gasteiger partial charge in [0.05, 0.1) is 6.04 Å². The lowest BCUT2D eigenvalue weighted by molar-refractivity contribution is -0.119. The van der Waals surface area contributed by atoms with Crippen LogP contribution in [-0.2, 0) is 4.79 Å². The number of nitrogens with one attached hydrogen (secondary N) is 1. The summed E-state index contributed by atoms with van der Waals surface area (Å²) in [5, 5.41) is 2.67. The van der Waals surface area contributed by atoms with Crippen LogP contribution >= 0.6 is 11.6 Å². The second kappa shape index (κ2) is 4.76. The van der Waals surface area contributed by atoms with Gasteiger partial charge in [0.1, 0.15) is 5.82 Å². The number of anilines is 1. The topological polar surface area (TPSA) is 80.9 Å². The maximum absolute atomic E-state index is 11.7. The molecule has 1 aromatic rings. The van der Waals surface area contributed by atoms with Crippen LogP contribution in [-0.4, -0.2) is 21.9 Å². The molecule has 1 heterocycles. The minimum atomic E-state index is -0.610. The van der Waals surface area contributed by atoms with Crippen LogP contribution in [0.3, 0.4) is 0 Å².